The number of nitrogens with zero attached hydrogens (tertiary/aromatic N) is 2. The van der Waals surface area contributed by atoms with Gasteiger partial charge in [-0.15, -0.1) is 0 Å². The normalized spacial score (nSPS) is 16.0. The molecule has 3 aromatic heterocycles. The Kier molecular flexibility index (Phi) is 2.03. The Balaban J connectivity index is 1.98. The maximum Gasteiger partial charge on any atom is 0.138 e. The Morgan fingerprint density at radius 1 is 1.22 bits per heavy atom. The lowest BCUT2D eigenvalue weighted by atomic mass is 9.79. The maximum atomic E-state index is 4.42. The first-order valence-corrected chi connectivity index (χ1v) is 6.39. The lowest BCUT2D eigenvalue weighted by Gasteiger charge is -2.26. The summed E-state index contributed by atoms with van der Waals surface area (Å²) in [6.45, 7) is 0. The van der Waals surface area contributed by atoms with Crippen molar-refractivity contribution in [2.75, 3.05) is 0 Å². The molecule has 0 aliphatic heterocycles. The Bertz CT molecular complexity index is 677. The third kappa shape index (κ3) is 1.32. The number of nitrogens with one attached hydrogen (secondary N) is 2. The summed E-state index contributed by atoms with van der Waals surface area (Å²) in [5, 5.41) is 8.40. The number of aromatic amines is 2. The second-order valence-electron chi connectivity index (χ2n) is 4.91. The van der Waals surface area contributed by atoms with Crippen LogP contribution in [0.4, 0.5) is 0 Å². The first-order chi connectivity index (χ1) is 8.93. The van der Waals surface area contributed by atoms with Gasteiger partial charge in [0, 0.05) is 29.5 Å². The average molecular weight is 238 g/mol. The van der Waals surface area contributed by atoms with Crippen LogP contribution >= 0.6 is 0 Å². The van der Waals surface area contributed by atoms with E-state index in [1.54, 1.807) is 0 Å². The quantitative estimate of drug-likeness (QED) is 0.720. The number of fused-ring (bicyclic) bond motifs is 1. The highest BCUT2D eigenvalue weighted by Crippen LogP contribution is 2.41. The van der Waals surface area contributed by atoms with Crippen LogP contribution in [0.25, 0.3) is 22.3 Å². The van der Waals surface area contributed by atoms with E-state index in [1.807, 2.05) is 24.7 Å². The molecule has 0 amide bonds. The van der Waals surface area contributed by atoms with Gasteiger partial charge >= 0.3 is 0 Å². The molecule has 0 unspecified atom stereocenters. The third-order valence-electron chi connectivity index (χ3n) is 3.93. The lowest BCUT2D eigenvalue weighted by molar-refractivity contribution is 0.422. The van der Waals surface area contributed by atoms with Crippen molar-refractivity contribution in [2.24, 2.45) is 0 Å². The van der Waals surface area contributed by atoms with Gasteiger partial charge in [0.2, 0.25) is 0 Å². The van der Waals surface area contributed by atoms with Crippen molar-refractivity contribution in [1.29, 1.82) is 0 Å². The number of hydrogen-bond acceptors (Lipinski definition) is 2. The highest BCUT2D eigenvalue weighted by molar-refractivity contribution is 5.95. The summed E-state index contributed by atoms with van der Waals surface area (Å²) in [7, 11) is 0. The van der Waals surface area contributed by atoms with Crippen LogP contribution in [0.1, 0.15) is 30.7 Å². The van der Waals surface area contributed by atoms with Gasteiger partial charge in [-0.25, -0.2) is 4.98 Å². The van der Waals surface area contributed by atoms with E-state index in [4.69, 9.17) is 0 Å². The molecule has 4 rings (SSSR count). The van der Waals surface area contributed by atoms with E-state index in [0.717, 1.165) is 16.9 Å². The molecular formula is C14H14N4. The molecule has 4 nitrogen and oxygen atoms in total. The topological polar surface area (TPSA) is 57.4 Å². The van der Waals surface area contributed by atoms with Crippen molar-refractivity contribution < 1.29 is 0 Å². The molecule has 1 aliphatic rings. The van der Waals surface area contributed by atoms with E-state index in [9.17, 15) is 0 Å². The second kappa shape index (κ2) is 3.70. The van der Waals surface area contributed by atoms with Gasteiger partial charge in [-0.2, -0.15) is 5.10 Å². The van der Waals surface area contributed by atoms with Crippen LogP contribution in [0.3, 0.4) is 0 Å². The number of rotatable bonds is 2. The highest BCUT2D eigenvalue weighted by Gasteiger charge is 2.24. The SMILES string of the molecule is c1cc(C2CCC2)c2c(-c3cc[nH]n3)c[nH]c2n1. The van der Waals surface area contributed by atoms with Crippen LogP contribution in [0, 0.1) is 0 Å². The molecule has 0 spiro atoms. The fourth-order valence-corrected chi connectivity index (χ4v) is 2.75. The molecule has 4 heteroatoms. The van der Waals surface area contributed by atoms with E-state index in [1.165, 1.54) is 30.2 Å². The summed E-state index contributed by atoms with van der Waals surface area (Å²) >= 11 is 0. The zero-order valence-electron chi connectivity index (χ0n) is 9.98. The molecule has 3 aromatic rings. The minimum atomic E-state index is 0.698. The van der Waals surface area contributed by atoms with Gasteiger partial charge in [0.15, 0.2) is 0 Å². The molecule has 90 valence electrons. The summed E-state index contributed by atoms with van der Waals surface area (Å²) in [6, 6.07) is 4.16. The Labute approximate surface area is 104 Å². The second-order valence-corrected chi connectivity index (χ2v) is 4.91. The molecule has 0 saturated heterocycles. The van der Waals surface area contributed by atoms with Crippen molar-refractivity contribution in [3.8, 4) is 11.3 Å². The summed E-state index contributed by atoms with van der Waals surface area (Å²) in [5.41, 5.74) is 4.53. The first-order valence-electron chi connectivity index (χ1n) is 6.39. The molecule has 2 N–H and O–H groups in total. The highest BCUT2D eigenvalue weighted by atomic mass is 15.1. The fraction of sp³-hybridized carbons (Fsp3) is 0.286. The number of H-pyrrole nitrogens is 2. The van der Waals surface area contributed by atoms with Gasteiger partial charge < -0.3 is 4.98 Å². The largest absolute Gasteiger partial charge is 0.345 e. The van der Waals surface area contributed by atoms with Crippen LogP contribution in [-0.2, 0) is 0 Å². The van der Waals surface area contributed by atoms with Crippen molar-refractivity contribution in [3.05, 3.63) is 36.3 Å². The Hall–Kier alpha value is -2.10. The van der Waals surface area contributed by atoms with Crippen LogP contribution in [0.5, 0.6) is 0 Å². The average Bonchev–Trinajstić information content (AvgIpc) is 2.95. The molecule has 1 saturated carbocycles. The zero-order valence-corrected chi connectivity index (χ0v) is 9.98. The van der Waals surface area contributed by atoms with E-state index in [2.05, 4.69) is 26.2 Å². The molecule has 0 bridgehead atoms. The Morgan fingerprint density at radius 3 is 2.89 bits per heavy atom. The smallest absolute Gasteiger partial charge is 0.138 e. The summed E-state index contributed by atoms with van der Waals surface area (Å²) in [6.07, 6.45) is 9.70. The third-order valence-corrected chi connectivity index (χ3v) is 3.93. The van der Waals surface area contributed by atoms with Crippen LogP contribution in [-0.4, -0.2) is 20.2 Å². The van der Waals surface area contributed by atoms with E-state index >= 15 is 0 Å². The van der Waals surface area contributed by atoms with E-state index in [-0.39, 0.29) is 0 Å². The minimum Gasteiger partial charge on any atom is -0.345 e. The van der Waals surface area contributed by atoms with Gasteiger partial charge in [-0.1, -0.05) is 6.42 Å². The number of hydrogen-bond donors (Lipinski definition) is 2. The monoisotopic (exact) mass is 238 g/mol. The van der Waals surface area contributed by atoms with Crippen LogP contribution in [0.15, 0.2) is 30.7 Å². The van der Waals surface area contributed by atoms with E-state index in [0.29, 0.717) is 5.92 Å². The minimum absolute atomic E-state index is 0.698. The summed E-state index contributed by atoms with van der Waals surface area (Å²) < 4.78 is 0. The zero-order chi connectivity index (χ0) is 11.9. The van der Waals surface area contributed by atoms with Crippen molar-refractivity contribution >= 4 is 11.0 Å². The Morgan fingerprint density at radius 2 is 2.17 bits per heavy atom. The molecule has 0 atom stereocenters. The fourth-order valence-electron chi connectivity index (χ4n) is 2.75. The number of pyridine rings is 1. The van der Waals surface area contributed by atoms with Gasteiger partial charge in [0.1, 0.15) is 5.65 Å². The molecule has 1 aliphatic carbocycles. The van der Waals surface area contributed by atoms with Crippen LogP contribution < -0.4 is 0 Å². The molecule has 0 radical (unpaired) electrons. The predicted molar refractivity (Wildman–Crippen MR) is 70.3 cm³/mol. The molecule has 18 heavy (non-hydrogen) atoms. The molecular weight excluding hydrogens is 224 g/mol. The van der Waals surface area contributed by atoms with E-state index < -0.39 is 0 Å². The van der Waals surface area contributed by atoms with Crippen molar-refractivity contribution in [1.82, 2.24) is 20.2 Å². The van der Waals surface area contributed by atoms with Gasteiger partial charge in [0.05, 0.1) is 5.69 Å². The molecule has 1 fully saturated rings. The lowest BCUT2D eigenvalue weighted by Crippen LogP contribution is -2.09. The van der Waals surface area contributed by atoms with Crippen LogP contribution in [0.2, 0.25) is 0 Å². The predicted octanol–water partition coefficient (Wildman–Crippen LogP) is 3.22. The number of aromatic nitrogens is 4. The standard InChI is InChI=1S/C14H14N4/c1-2-9(3-1)10-4-6-15-14-13(10)11(8-16-14)12-5-7-17-18-12/h4-9H,1-3H2,(H,15,16)(H,17,18). The van der Waals surface area contributed by atoms with Gasteiger partial charge in [-0.05, 0) is 36.5 Å². The summed E-state index contributed by atoms with van der Waals surface area (Å²) in [4.78, 5) is 7.67. The molecule has 0 aromatic carbocycles. The first kappa shape index (κ1) is 9.88. The maximum absolute atomic E-state index is 4.42. The summed E-state index contributed by atoms with van der Waals surface area (Å²) in [5.74, 6) is 0.698. The molecule has 3 heterocycles. The van der Waals surface area contributed by atoms with Gasteiger partial charge in [-0.3, -0.25) is 5.10 Å². The van der Waals surface area contributed by atoms with Crippen molar-refractivity contribution in [2.45, 2.75) is 25.2 Å². The van der Waals surface area contributed by atoms with Crippen molar-refractivity contribution in [3.63, 3.8) is 0 Å². The van der Waals surface area contributed by atoms with Gasteiger partial charge in [0.25, 0.3) is 0 Å².